The number of nitrogens with zero attached hydrogens (tertiary/aromatic N) is 7. The number of aromatic nitrogens is 3. The molecule has 4 aliphatic rings. The number of pyridine rings is 1. The minimum absolute atomic E-state index is 0.0823. The molecule has 6 heterocycles. The van der Waals surface area contributed by atoms with E-state index < -0.39 is 29.7 Å². The number of aryl methyl sites for hydroxylation is 1. The largest absolute Gasteiger partial charge is 0.369 e. The predicted octanol–water partition coefficient (Wildman–Crippen LogP) is 2.92. The Morgan fingerprint density at radius 3 is 2.41 bits per heavy atom. The number of piperidine rings is 2. The SMILES string of the molecule is CNC(=O)/C=C/c1cc2cc(Nc3nc(N4CCC(CN5CCN(c6ccc7c(c6)C(=O)N(C6CCC(=O)NC6=O)C7=O)CC5)CC4)ncc3Cl)ccc2n(C)c1=O. The molecule has 4 aromatic rings. The molecule has 17 heteroatoms. The van der Waals surface area contributed by atoms with Crippen molar-refractivity contribution in [2.45, 2.75) is 31.7 Å². The van der Waals surface area contributed by atoms with Gasteiger partial charge in [-0.15, -0.1) is 0 Å². The second-order valence-corrected chi connectivity index (χ2v) is 15.5. The quantitative estimate of drug-likeness (QED) is 0.167. The van der Waals surface area contributed by atoms with Gasteiger partial charge in [0, 0.05) is 94.7 Å². The second-order valence-electron chi connectivity index (χ2n) is 15.1. The van der Waals surface area contributed by atoms with Crippen molar-refractivity contribution in [3.8, 4) is 0 Å². The number of benzene rings is 2. The van der Waals surface area contributed by atoms with Gasteiger partial charge < -0.3 is 25.0 Å². The van der Waals surface area contributed by atoms with Crippen molar-refractivity contribution in [3.63, 3.8) is 0 Å². The molecule has 300 valence electrons. The van der Waals surface area contributed by atoms with Gasteiger partial charge in [0.1, 0.15) is 11.1 Å². The summed E-state index contributed by atoms with van der Waals surface area (Å²) in [5, 5.41) is 9.25. The number of imide groups is 2. The highest BCUT2D eigenvalue weighted by molar-refractivity contribution is 6.33. The summed E-state index contributed by atoms with van der Waals surface area (Å²) in [7, 11) is 3.22. The smallest absolute Gasteiger partial charge is 0.262 e. The molecule has 58 heavy (non-hydrogen) atoms. The maximum atomic E-state index is 13.3. The van der Waals surface area contributed by atoms with Crippen LogP contribution in [0.5, 0.6) is 0 Å². The van der Waals surface area contributed by atoms with Crippen LogP contribution in [-0.4, -0.2) is 113 Å². The fourth-order valence-electron chi connectivity index (χ4n) is 8.21. The van der Waals surface area contributed by atoms with Crippen LogP contribution >= 0.6 is 11.6 Å². The van der Waals surface area contributed by atoms with Crippen LogP contribution in [0.25, 0.3) is 17.0 Å². The van der Waals surface area contributed by atoms with E-state index in [1.807, 2.05) is 24.3 Å². The van der Waals surface area contributed by atoms with Gasteiger partial charge in [-0.05, 0) is 73.7 Å². The van der Waals surface area contributed by atoms with Crippen molar-refractivity contribution in [2.75, 3.05) is 68.0 Å². The Morgan fingerprint density at radius 1 is 0.914 bits per heavy atom. The molecule has 5 amide bonds. The van der Waals surface area contributed by atoms with E-state index in [1.54, 1.807) is 36.0 Å². The molecule has 1 unspecified atom stereocenters. The van der Waals surface area contributed by atoms with E-state index in [-0.39, 0.29) is 29.9 Å². The highest BCUT2D eigenvalue weighted by atomic mass is 35.5. The first-order valence-electron chi connectivity index (χ1n) is 19.4. The maximum absolute atomic E-state index is 13.3. The molecule has 0 radical (unpaired) electrons. The lowest BCUT2D eigenvalue weighted by Gasteiger charge is -2.39. The van der Waals surface area contributed by atoms with Crippen LogP contribution in [0.4, 0.5) is 23.1 Å². The number of likely N-dealkylation sites (N-methyl/N-ethyl adjacent to an activating group) is 1. The number of anilines is 4. The molecule has 0 bridgehead atoms. The Bertz CT molecular complexity index is 2440. The standard InChI is InChI=1S/C41H43ClN10O6/c1-43-34(53)9-3-25-19-26-20-27(4-7-32(26)48(2)38(25)56)45-36-31(42)22-44-41(47-36)51-13-11-24(12-14-51)23-49-15-17-50(18-16-49)28-5-6-29-30(21-28)40(58)52(39(29)57)33-8-10-35(54)46-37(33)55/h3-7,9,19-22,24,33H,8,10-18,23H2,1-2H3,(H,43,53)(H,44,45,47)(H,46,54,55)/b9-3+. The van der Waals surface area contributed by atoms with Gasteiger partial charge in [-0.2, -0.15) is 4.98 Å². The Morgan fingerprint density at radius 2 is 1.67 bits per heavy atom. The van der Waals surface area contributed by atoms with E-state index in [0.29, 0.717) is 33.8 Å². The lowest BCUT2D eigenvalue weighted by Crippen LogP contribution is -2.54. The van der Waals surface area contributed by atoms with Gasteiger partial charge in [0.2, 0.25) is 23.7 Å². The summed E-state index contributed by atoms with van der Waals surface area (Å²) in [5.74, 6) is -0.735. The number of fused-ring (bicyclic) bond motifs is 2. The zero-order valence-corrected chi connectivity index (χ0v) is 32.9. The molecule has 16 nitrogen and oxygen atoms in total. The molecular weight excluding hydrogens is 764 g/mol. The molecule has 8 rings (SSSR count). The van der Waals surface area contributed by atoms with E-state index in [9.17, 15) is 28.8 Å². The number of halogens is 1. The van der Waals surface area contributed by atoms with Crippen LogP contribution in [0.2, 0.25) is 5.02 Å². The van der Waals surface area contributed by atoms with Crippen LogP contribution < -0.4 is 31.3 Å². The summed E-state index contributed by atoms with van der Waals surface area (Å²) >= 11 is 6.56. The maximum Gasteiger partial charge on any atom is 0.262 e. The van der Waals surface area contributed by atoms with Crippen LogP contribution in [0, 0.1) is 5.92 Å². The van der Waals surface area contributed by atoms with Crippen molar-refractivity contribution in [2.24, 2.45) is 13.0 Å². The van der Waals surface area contributed by atoms with Crippen LogP contribution in [0.1, 0.15) is 52.0 Å². The van der Waals surface area contributed by atoms with E-state index in [4.69, 9.17) is 16.6 Å². The number of hydrogen-bond acceptors (Lipinski definition) is 12. The van der Waals surface area contributed by atoms with Crippen molar-refractivity contribution < 1.29 is 24.0 Å². The Labute approximate surface area is 338 Å². The average molecular weight is 807 g/mol. The van der Waals surface area contributed by atoms with Crippen LogP contribution in [0.15, 0.2) is 59.5 Å². The van der Waals surface area contributed by atoms with E-state index in [1.165, 1.54) is 19.2 Å². The molecule has 3 fully saturated rings. The minimum atomic E-state index is -0.985. The first-order chi connectivity index (χ1) is 28.0. The highest BCUT2D eigenvalue weighted by Gasteiger charge is 2.45. The van der Waals surface area contributed by atoms with Gasteiger partial charge in [0.15, 0.2) is 5.82 Å². The lowest BCUT2D eigenvalue weighted by molar-refractivity contribution is -0.136. The molecule has 0 spiro atoms. The number of nitrogens with one attached hydrogen (secondary N) is 3. The summed E-state index contributed by atoms with van der Waals surface area (Å²) in [6, 6.07) is 11.7. The van der Waals surface area contributed by atoms with E-state index in [0.717, 1.165) is 85.8 Å². The molecule has 3 N–H and O–H groups in total. The fourth-order valence-corrected chi connectivity index (χ4v) is 8.35. The van der Waals surface area contributed by atoms with E-state index >= 15 is 0 Å². The third-order valence-corrected chi connectivity index (χ3v) is 11.8. The van der Waals surface area contributed by atoms with Gasteiger partial charge in [-0.1, -0.05) is 11.6 Å². The molecular formula is C41H43ClN10O6. The molecule has 2 aromatic heterocycles. The van der Waals surface area contributed by atoms with Crippen molar-refractivity contribution in [1.29, 1.82) is 0 Å². The Balaban J connectivity index is 0.848. The normalized spacial score (nSPS) is 19.3. The highest BCUT2D eigenvalue weighted by Crippen LogP contribution is 2.32. The van der Waals surface area contributed by atoms with Gasteiger partial charge >= 0.3 is 0 Å². The lowest BCUT2D eigenvalue weighted by atomic mass is 9.96. The number of carbonyl (C=O) groups excluding carboxylic acids is 5. The second kappa shape index (κ2) is 16.0. The van der Waals surface area contributed by atoms with Crippen molar-refractivity contribution in [3.05, 3.63) is 86.8 Å². The molecule has 0 aliphatic carbocycles. The molecule has 1 atom stereocenters. The number of piperazine rings is 1. The Kier molecular flexibility index (Phi) is 10.7. The molecule has 0 saturated carbocycles. The summed E-state index contributed by atoms with van der Waals surface area (Å²) in [6.45, 7) is 5.86. The van der Waals surface area contributed by atoms with Gasteiger partial charge in [-0.25, -0.2) is 4.98 Å². The third kappa shape index (κ3) is 7.64. The molecule has 4 aliphatic heterocycles. The predicted molar refractivity (Wildman–Crippen MR) is 219 cm³/mol. The molecule has 2 aromatic carbocycles. The Hall–Kier alpha value is -6.13. The number of rotatable bonds is 9. The van der Waals surface area contributed by atoms with E-state index in [2.05, 4.69) is 35.6 Å². The number of hydrogen-bond donors (Lipinski definition) is 3. The third-order valence-electron chi connectivity index (χ3n) is 11.5. The topological polar surface area (TPSA) is 182 Å². The van der Waals surface area contributed by atoms with Crippen molar-refractivity contribution >= 4 is 81.3 Å². The first-order valence-corrected chi connectivity index (χ1v) is 19.8. The summed E-state index contributed by atoms with van der Waals surface area (Å²) < 4.78 is 1.55. The first kappa shape index (κ1) is 38.7. The van der Waals surface area contributed by atoms with Crippen molar-refractivity contribution in [1.82, 2.24) is 35.0 Å². The number of amides is 5. The average Bonchev–Trinajstić information content (AvgIpc) is 3.47. The van der Waals surface area contributed by atoms with Crippen LogP contribution in [-0.2, 0) is 21.4 Å². The fraction of sp³-hybridized carbons (Fsp3) is 0.366. The van der Waals surface area contributed by atoms with Crippen LogP contribution in [0.3, 0.4) is 0 Å². The van der Waals surface area contributed by atoms with Gasteiger partial charge in [0.25, 0.3) is 17.4 Å². The zero-order chi connectivity index (χ0) is 40.7. The monoisotopic (exact) mass is 806 g/mol. The summed E-state index contributed by atoms with van der Waals surface area (Å²) in [6.07, 6.45) is 6.62. The summed E-state index contributed by atoms with van der Waals surface area (Å²) in [4.78, 5) is 92.4. The number of carbonyl (C=O) groups is 5. The van der Waals surface area contributed by atoms with Gasteiger partial charge in [0.05, 0.1) is 22.8 Å². The molecule has 3 saturated heterocycles. The van der Waals surface area contributed by atoms with Gasteiger partial charge in [-0.3, -0.25) is 43.9 Å². The zero-order valence-electron chi connectivity index (χ0n) is 32.2. The minimum Gasteiger partial charge on any atom is -0.369 e. The summed E-state index contributed by atoms with van der Waals surface area (Å²) in [5.41, 5.74) is 3.09.